The number of nitrogens with two attached hydrogens (primary N) is 1. The van der Waals surface area contributed by atoms with Crippen molar-refractivity contribution in [3.63, 3.8) is 0 Å². The molecule has 2 aromatic rings. The van der Waals surface area contributed by atoms with Crippen LogP contribution in [0.25, 0.3) is 0 Å². The van der Waals surface area contributed by atoms with Gasteiger partial charge in [0, 0.05) is 38.9 Å². The predicted octanol–water partition coefficient (Wildman–Crippen LogP) is -0.757. The molecule has 0 fully saturated rings. The molecule has 0 aliphatic rings. The average Bonchev–Trinajstić information content (AvgIpc) is 2.98. The lowest BCUT2D eigenvalue weighted by Crippen LogP contribution is -2.26. The molecule has 8 heteroatoms. The Hall–Kier alpha value is -2.22. The number of hydrogen-bond donors (Lipinski definition) is 1. The summed E-state index contributed by atoms with van der Waals surface area (Å²) in [5.74, 6) is -0.174. The Kier molecular flexibility index (Phi) is 3.91. The molecule has 8 nitrogen and oxygen atoms in total. The third-order valence-corrected chi connectivity index (χ3v) is 2.64. The predicted molar refractivity (Wildman–Crippen MR) is 68.1 cm³/mol. The summed E-state index contributed by atoms with van der Waals surface area (Å²) in [6, 6.07) is 0. The van der Waals surface area contributed by atoms with Crippen LogP contribution in [0.5, 0.6) is 0 Å². The Bertz CT molecular complexity index is 559. The van der Waals surface area contributed by atoms with Gasteiger partial charge in [0.2, 0.25) is 0 Å². The highest BCUT2D eigenvalue weighted by Gasteiger charge is 2.16. The van der Waals surface area contributed by atoms with Gasteiger partial charge in [0.05, 0.1) is 18.9 Å². The van der Waals surface area contributed by atoms with E-state index in [1.165, 1.54) is 0 Å². The van der Waals surface area contributed by atoms with Crippen molar-refractivity contribution in [3.8, 4) is 0 Å². The van der Waals surface area contributed by atoms with Crippen molar-refractivity contribution in [1.82, 2.24) is 29.7 Å². The lowest BCUT2D eigenvalue weighted by molar-refractivity contribution is 0.0779. The first-order chi connectivity index (χ1) is 9.10. The van der Waals surface area contributed by atoms with Gasteiger partial charge in [-0.25, -0.2) is 0 Å². The van der Waals surface area contributed by atoms with Crippen molar-refractivity contribution in [2.24, 2.45) is 12.8 Å². The number of amides is 1. The number of hydrogen-bond acceptors (Lipinski definition) is 5. The Morgan fingerprint density at radius 2 is 2.26 bits per heavy atom. The molecule has 102 valence electrons. The van der Waals surface area contributed by atoms with Gasteiger partial charge in [-0.3, -0.25) is 14.2 Å². The second-order valence-corrected chi connectivity index (χ2v) is 4.34. The summed E-state index contributed by atoms with van der Waals surface area (Å²) >= 11 is 0. The smallest absolute Gasteiger partial charge is 0.276 e. The molecule has 2 aromatic heterocycles. The van der Waals surface area contributed by atoms with Crippen LogP contribution in [0.2, 0.25) is 0 Å². The van der Waals surface area contributed by atoms with E-state index in [0.717, 1.165) is 5.56 Å². The number of aromatic nitrogens is 5. The highest BCUT2D eigenvalue weighted by atomic mass is 16.2. The van der Waals surface area contributed by atoms with E-state index in [9.17, 15) is 4.79 Å². The van der Waals surface area contributed by atoms with Gasteiger partial charge in [0.25, 0.3) is 5.91 Å². The molecule has 1 amide bonds. The van der Waals surface area contributed by atoms with E-state index in [-0.39, 0.29) is 5.91 Å². The molecule has 2 rings (SSSR count). The minimum atomic E-state index is -0.174. The van der Waals surface area contributed by atoms with Crippen LogP contribution in [0.1, 0.15) is 16.1 Å². The molecule has 2 N–H and O–H groups in total. The maximum absolute atomic E-state index is 12.1. The summed E-state index contributed by atoms with van der Waals surface area (Å²) in [6.07, 6.45) is 5.21. The Morgan fingerprint density at radius 3 is 2.89 bits per heavy atom. The van der Waals surface area contributed by atoms with E-state index in [0.29, 0.717) is 25.3 Å². The van der Waals surface area contributed by atoms with Gasteiger partial charge in [-0.15, -0.1) is 5.10 Å². The Balaban J connectivity index is 2.01. The van der Waals surface area contributed by atoms with Gasteiger partial charge in [0.15, 0.2) is 5.69 Å². The van der Waals surface area contributed by atoms with Gasteiger partial charge in [0.1, 0.15) is 0 Å². The molecule has 0 bridgehead atoms. The van der Waals surface area contributed by atoms with Crippen molar-refractivity contribution >= 4 is 5.91 Å². The zero-order chi connectivity index (χ0) is 13.8. The van der Waals surface area contributed by atoms with Crippen LogP contribution >= 0.6 is 0 Å². The van der Waals surface area contributed by atoms with E-state index in [4.69, 9.17) is 5.73 Å². The van der Waals surface area contributed by atoms with Gasteiger partial charge < -0.3 is 10.6 Å². The van der Waals surface area contributed by atoms with Crippen LogP contribution < -0.4 is 5.73 Å². The first-order valence-electron chi connectivity index (χ1n) is 5.93. The highest BCUT2D eigenvalue weighted by molar-refractivity contribution is 5.91. The summed E-state index contributed by atoms with van der Waals surface area (Å²) < 4.78 is 3.26. The van der Waals surface area contributed by atoms with Crippen LogP contribution in [-0.2, 0) is 20.1 Å². The minimum Gasteiger partial charge on any atom is -0.336 e. The molecule has 0 aliphatic carbocycles. The van der Waals surface area contributed by atoms with Crippen LogP contribution in [0.15, 0.2) is 18.6 Å². The molecular weight excluding hydrogens is 246 g/mol. The zero-order valence-electron chi connectivity index (χ0n) is 11.0. The largest absolute Gasteiger partial charge is 0.336 e. The minimum absolute atomic E-state index is 0.174. The summed E-state index contributed by atoms with van der Waals surface area (Å²) in [5, 5.41) is 11.8. The SMILES string of the molecule is CN(Cc1cnn(C)c1)C(=O)c1cn(CCN)nn1. The molecule has 0 unspecified atom stereocenters. The van der Waals surface area contributed by atoms with E-state index in [1.807, 2.05) is 13.2 Å². The average molecular weight is 263 g/mol. The van der Waals surface area contributed by atoms with Gasteiger partial charge >= 0.3 is 0 Å². The van der Waals surface area contributed by atoms with E-state index in [1.54, 1.807) is 33.7 Å². The van der Waals surface area contributed by atoms with E-state index >= 15 is 0 Å². The number of nitrogens with zero attached hydrogens (tertiary/aromatic N) is 6. The van der Waals surface area contributed by atoms with Crippen LogP contribution in [-0.4, -0.2) is 49.2 Å². The van der Waals surface area contributed by atoms with Crippen molar-refractivity contribution < 1.29 is 4.79 Å². The van der Waals surface area contributed by atoms with Gasteiger partial charge in [-0.05, 0) is 0 Å². The van der Waals surface area contributed by atoms with Crippen molar-refractivity contribution in [2.45, 2.75) is 13.1 Å². The van der Waals surface area contributed by atoms with E-state index < -0.39 is 0 Å². The number of carbonyl (C=O) groups excluding carboxylic acids is 1. The molecule has 0 saturated heterocycles. The Labute approximate surface area is 110 Å². The summed E-state index contributed by atoms with van der Waals surface area (Å²) in [4.78, 5) is 13.7. The molecule has 0 atom stereocenters. The quantitative estimate of drug-likeness (QED) is 0.765. The van der Waals surface area contributed by atoms with Gasteiger partial charge in [-0.2, -0.15) is 5.10 Å². The fourth-order valence-electron chi connectivity index (χ4n) is 1.73. The van der Waals surface area contributed by atoms with Crippen LogP contribution in [0.4, 0.5) is 0 Å². The maximum atomic E-state index is 12.1. The van der Waals surface area contributed by atoms with Crippen LogP contribution in [0, 0.1) is 0 Å². The van der Waals surface area contributed by atoms with Gasteiger partial charge in [-0.1, -0.05) is 5.21 Å². The normalized spacial score (nSPS) is 10.7. The third kappa shape index (κ3) is 3.16. The molecule has 19 heavy (non-hydrogen) atoms. The van der Waals surface area contributed by atoms with Crippen LogP contribution in [0.3, 0.4) is 0 Å². The molecule has 0 aliphatic heterocycles. The number of aryl methyl sites for hydroxylation is 1. The molecule has 0 spiro atoms. The molecule has 0 saturated carbocycles. The fraction of sp³-hybridized carbons (Fsp3) is 0.455. The zero-order valence-corrected chi connectivity index (χ0v) is 11.0. The second kappa shape index (κ2) is 5.61. The highest BCUT2D eigenvalue weighted by Crippen LogP contribution is 2.05. The number of carbonyl (C=O) groups is 1. The Morgan fingerprint density at radius 1 is 1.47 bits per heavy atom. The van der Waals surface area contributed by atoms with Crippen molar-refractivity contribution in [2.75, 3.05) is 13.6 Å². The second-order valence-electron chi connectivity index (χ2n) is 4.34. The molecule has 0 radical (unpaired) electrons. The number of rotatable bonds is 5. The summed E-state index contributed by atoms with van der Waals surface area (Å²) in [6.45, 7) is 1.49. The third-order valence-electron chi connectivity index (χ3n) is 2.64. The lowest BCUT2D eigenvalue weighted by Gasteiger charge is -2.13. The van der Waals surface area contributed by atoms with Crippen molar-refractivity contribution in [1.29, 1.82) is 0 Å². The standard InChI is InChI=1S/C11H17N7O/c1-16(6-9-5-13-17(2)7-9)11(19)10-8-18(4-3-12)15-14-10/h5,7-8H,3-4,6,12H2,1-2H3. The maximum Gasteiger partial charge on any atom is 0.276 e. The monoisotopic (exact) mass is 263 g/mol. The topological polar surface area (TPSA) is 94.9 Å². The summed E-state index contributed by atoms with van der Waals surface area (Å²) in [7, 11) is 3.56. The first-order valence-corrected chi connectivity index (χ1v) is 5.93. The van der Waals surface area contributed by atoms with E-state index in [2.05, 4.69) is 15.4 Å². The first kappa shape index (κ1) is 13.2. The molecule has 2 heterocycles. The molecule has 0 aromatic carbocycles. The summed E-state index contributed by atoms with van der Waals surface area (Å²) in [5.41, 5.74) is 6.70. The molecular formula is C11H17N7O. The van der Waals surface area contributed by atoms with Crippen molar-refractivity contribution in [3.05, 3.63) is 29.8 Å². The lowest BCUT2D eigenvalue weighted by atomic mass is 10.3. The fourth-order valence-corrected chi connectivity index (χ4v) is 1.73.